The third-order valence-electron chi connectivity index (χ3n) is 8.27. The highest BCUT2D eigenvalue weighted by molar-refractivity contribution is 7.89. The van der Waals surface area contributed by atoms with Gasteiger partial charge < -0.3 is 29.7 Å². The minimum atomic E-state index is -3.94. The van der Waals surface area contributed by atoms with Gasteiger partial charge in [-0.2, -0.15) is 0 Å². The molecule has 254 valence electrons. The van der Waals surface area contributed by atoms with E-state index >= 15 is 0 Å². The maximum atomic E-state index is 14.7. The van der Waals surface area contributed by atoms with Crippen LogP contribution in [0.2, 0.25) is 0 Å². The Labute approximate surface area is 282 Å². The van der Waals surface area contributed by atoms with Gasteiger partial charge in [-0.25, -0.2) is 17.9 Å². The molecule has 4 N–H and O–H groups in total. The van der Waals surface area contributed by atoms with Gasteiger partial charge in [-0.3, -0.25) is 14.4 Å². The normalized spacial score (nSPS) is 18.2. The predicted molar refractivity (Wildman–Crippen MR) is 176 cm³/mol. The van der Waals surface area contributed by atoms with E-state index in [0.717, 1.165) is 0 Å². The lowest BCUT2D eigenvalue weighted by Crippen LogP contribution is -2.58. The van der Waals surface area contributed by atoms with Crippen molar-refractivity contribution in [2.75, 3.05) is 26.8 Å². The van der Waals surface area contributed by atoms with Crippen LogP contribution in [0.25, 0.3) is 11.1 Å². The van der Waals surface area contributed by atoms with Crippen LogP contribution in [0, 0.1) is 5.82 Å². The number of rotatable bonds is 3. The molecule has 6 rings (SSSR count). The Balaban J connectivity index is 1.35. The SMILES string of the molecule is COc1ccc2cc1-c1cccc(c1)OCC(=O)NCc1cc(F)cc(c1)O[C@@H]1CCN(C(=O)c3ccc(S(N)(=O)=O)cc3)C[C@H]1NC2=O. The lowest BCUT2D eigenvalue weighted by Gasteiger charge is -2.39. The van der Waals surface area contributed by atoms with Gasteiger partial charge in [0.05, 0.1) is 18.0 Å². The Hall–Kier alpha value is -5.47. The van der Waals surface area contributed by atoms with Gasteiger partial charge in [0.1, 0.15) is 29.2 Å². The zero-order valence-corrected chi connectivity index (χ0v) is 27.2. The molecule has 3 amide bonds. The molecule has 4 aromatic carbocycles. The molecule has 2 aliphatic rings. The van der Waals surface area contributed by atoms with Gasteiger partial charge in [-0.15, -0.1) is 0 Å². The fraction of sp³-hybridized carbons (Fsp3) is 0.229. The van der Waals surface area contributed by atoms with Crippen molar-refractivity contribution in [1.29, 1.82) is 0 Å². The summed E-state index contributed by atoms with van der Waals surface area (Å²) in [6.45, 7) is -0.00540. The molecule has 2 atom stereocenters. The first-order valence-corrected chi connectivity index (χ1v) is 16.9. The van der Waals surface area contributed by atoms with E-state index in [1.54, 1.807) is 42.5 Å². The maximum Gasteiger partial charge on any atom is 0.258 e. The standard InChI is InChI=1S/C35H33FN4O8S/c1-46-31-10-7-24-16-29(31)23-3-2-4-26(15-23)47-20-33(41)38-18-21-13-25(36)17-27(14-21)48-32-11-12-40(19-30(32)39-34(24)42)35(43)22-5-8-28(9-6-22)49(37,44)45/h2-10,13-17,30,32H,11-12,18-20H2,1H3,(H,38,41)(H,39,42)(H2,37,44,45)/t30-,32-/m1/s1. The molecule has 6 bridgehead atoms. The fourth-order valence-electron chi connectivity index (χ4n) is 5.81. The summed E-state index contributed by atoms with van der Waals surface area (Å²) in [5.74, 6) is -0.732. The lowest BCUT2D eigenvalue weighted by molar-refractivity contribution is -0.123. The van der Waals surface area contributed by atoms with Crippen LogP contribution in [0.15, 0.2) is 89.8 Å². The number of piperidine rings is 1. The topological polar surface area (TPSA) is 166 Å². The summed E-state index contributed by atoms with van der Waals surface area (Å²) in [6.07, 6.45) is -0.404. The molecular formula is C35H33FN4O8S. The largest absolute Gasteiger partial charge is 0.496 e. The second-order valence-corrected chi connectivity index (χ2v) is 13.2. The molecule has 2 aliphatic heterocycles. The number of primary sulfonamides is 1. The van der Waals surface area contributed by atoms with E-state index in [4.69, 9.17) is 19.3 Å². The molecule has 49 heavy (non-hydrogen) atoms. The number of ether oxygens (including phenoxy) is 3. The molecule has 12 nitrogen and oxygen atoms in total. The van der Waals surface area contributed by atoms with Crippen LogP contribution >= 0.6 is 0 Å². The maximum absolute atomic E-state index is 14.7. The van der Waals surface area contributed by atoms with Crippen LogP contribution in [0.4, 0.5) is 4.39 Å². The van der Waals surface area contributed by atoms with Gasteiger partial charge >= 0.3 is 0 Å². The molecule has 2 heterocycles. The monoisotopic (exact) mass is 688 g/mol. The number of amides is 3. The van der Waals surface area contributed by atoms with Crippen LogP contribution in [0.3, 0.4) is 0 Å². The number of fused-ring (bicyclic) bond motifs is 8. The molecule has 1 saturated heterocycles. The van der Waals surface area contributed by atoms with E-state index in [2.05, 4.69) is 10.6 Å². The summed E-state index contributed by atoms with van der Waals surface area (Å²) in [5, 5.41) is 10.9. The van der Waals surface area contributed by atoms with Crippen molar-refractivity contribution in [3.63, 3.8) is 0 Å². The Kier molecular flexibility index (Phi) is 9.51. The van der Waals surface area contributed by atoms with Gasteiger partial charge in [-0.1, -0.05) is 12.1 Å². The smallest absolute Gasteiger partial charge is 0.258 e. The van der Waals surface area contributed by atoms with E-state index in [-0.39, 0.29) is 54.8 Å². The summed E-state index contributed by atoms with van der Waals surface area (Å²) >= 11 is 0. The Morgan fingerprint density at radius 1 is 0.980 bits per heavy atom. The van der Waals surface area contributed by atoms with Crippen molar-refractivity contribution in [3.8, 4) is 28.4 Å². The highest BCUT2D eigenvalue weighted by Gasteiger charge is 2.35. The van der Waals surface area contributed by atoms with Crippen LogP contribution in [-0.4, -0.2) is 70.0 Å². The molecule has 4 aromatic rings. The second-order valence-electron chi connectivity index (χ2n) is 11.6. The number of hydrogen-bond donors (Lipinski definition) is 3. The van der Waals surface area contributed by atoms with E-state index in [9.17, 15) is 27.2 Å². The molecule has 0 radical (unpaired) electrons. The van der Waals surface area contributed by atoms with Crippen molar-refractivity contribution in [3.05, 3.63) is 107 Å². The lowest BCUT2D eigenvalue weighted by atomic mass is 9.98. The van der Waals surface area contributed by atoms with Crippen LogP contribution in [0.1, 0.15) is 32.7 Å². The summed E-state index contributed by atoms with van der Waals surface area (Å²) in [6, 6.07) is 20.5. The predicted octanol–water partition coefficient (Wildman–Crippen LogP) is 3.25. The fourth-order valence-corrected chi connectivity index (χ4v) is 6.33. The summed E-state index contributed by atoms with van der Waals surface area (Å²) in [7, 11) is -2.43. The highest BCUT2D eigenvalue weighted by Crippen LogP contribution is 2.33. The number of halogens is 1. The molecule has 0 aromatic heterocycles. The Bertz CT molecular complexity index is 2020. The molecular weight excluding hydrogens is 655 g/mol. The highest BCUT2D eigenvalue weighted by atomic mass is 32.2. The van der Waals surface area contributed by atoms with Gasteiger partial charge in [0, 0.05) is 48.8 Å². The first-order chi connectivity index (χ1) is 23.5. The third kappa shape index (κ3) is 7.82. The number of nitrogens with zero attached hydrogens (tertiary/aromatic N) is 1. The average molecular weight is 689 g/mol. The third-order valence-corrected chi connectivity index (χ3v) is 9.20. The van der Waals surface area contributed by atoms with E-state index in [1.807, 2.05) is 6.07 Å². The van der Waals surface area contributed by atoms with Gasteiger partial charge in [0.15, 0.2) is 6.61 Å². The van der Waals surface area contributed by atoms with Crippen molar-refractivity contribution in [1.82, 2.24) is 15.5 Å². The summed E-state index contributed by atoms with van der Waals surface area (Å²) in [5.41, 5.74) is 2.26. The minimum absolute atomic E-state index is 0.0107. The quantitative estimate of drug-likeness (QED) is 0.295. The van der Waals surface area contributed by atoms with Gasteiger partial charge in [0.25, 0.3) is 17.7 Å². The van der Waals surface area contributed by atoms with Crippen LogP contribution in [-0.2, 0) is 21.4 Å². The number of nitrogens with two attached hydrogens (primary N) is 1. The molecule has 0 saturated carbocycles. The zero-order chi connectivity index (χ0) is 34.7. The number of sulfonamides is 1. The molecule has 0 spiro atoms. The number of nitrogens with one attached hydrogen (secondary N) is 2. The number of benzene rings is 4. The minimum Gasteiger partial charge on any atom is -0.496 e. The van der Waals surface area contributed by atoms with Gasteiger partial charge in [0.2, 0.25) is 10.0 Å². The summed E-state index contributed by atoms with van der Waals surface area (Å²) < 4.78 is 55.7. The van der Waals surface area contributed by atoms with E-state index < -0.39 is 39.8 Å². The molecule has 0 unspecified atom stereocenters. The first-order valence-electron chi connectivity index (χ1n) is 15.3. The van der Waals surface area contributed by atoms with Crippen LogP contribution < -0.4 is 30.0 Å². The van der Waals surface area contributed by atoms with Crippen molar-refractivity contribution in [2.24, 2.45) is 5.14 Å². The Morgan fingerprint density at radius 3 is 2.53 bits per heavy atom. The second kappa shape index (κ2) is 13.9. The molecule has 1 fully saturated rings. The Morgan fingerprint density at radius 2 is 1.78 bits per heavy atom. The number of methoxy groups -OCH3 is 1. The number of hydrogen-bond acceptors (Lipinski definition) is 8. The average Bonchev–Trinajstić information content (AvgIpc) is 3.09. The van der Waals surface area contributed by atoms with Crippen LogP contribution in [0.5, 0.6) is 17.2 Å². The number of carbonyl (C=O) groups excluding carboxylic acids is 3. The first kappa shape index (κ1) is 33.4. The van der Waals surface area contributed by atoms with Crippen molar-refractivity contribution in [2.45, 2.75) is 30.0 Å². The molecule has 0 aliphatic carbocycles. The summed E-state index contributed by atoms with van der Waals surface area (Å²) in [4.78, 5) is 41.4. The van der Waals surface area contributed by atoms with Crippen molar-refractivity contribution < 1.29 is 41.4 Å². The van der Waals surface area contributed by atoms with Gasteiger partial charge in [-0.05, 0) is 77.9 Å². The van der Waals surface area contributed by atoms with Crippen molar-refractivity contribution >= 4 is 27.7 Å². The molecule has 14 heteroatoms. The number of likely N-dealkylation sites (tertiary alicyclic amines) is 1. The number of carbonyl (C=O) groups is 3. The van der Waals surface area contributed by atoms with E-state index in [1.165, 1.54) is 48.4 Å². The van der Waals surface area contributed by atoms with E-state index in [0.29, 0.717) is 33.8 Å². The zero-order valence-electron chi connectivity index (χ0n) is 26.3.